The van der Waals surface area contributed by atoms with Crippen LogP contribution in [0, 0.1) is 5.92 Å². The van der Waals surface area contributed by atoms with Gasteiger partial charge in [-0.2, -0.15) is 4.98 Å². The van der Waals surface area contributed by atoms with E-state index >= 15 is 0 Å². The van der Waals surface area contributed by atoms with Crippen LogP contribution in [0.15, 0.2) is 4.52 Å². The molecule has 1 atom stereocenters. The Morgan fingerprint density at radius 1 is 1.30 bits per heavy atom. The van der Waals surface area contributed by atoms with E-state index in [4.69, 9.17) is 14.0 Å². The third-order valence-corrected chi connectivity index (χ3v) is 3.86. The van der Waals surface area contributed by atoms with Crippen molar-refractivity contribution in [1.29, 1.82) is 0 Å². The first-order valence-electron chi connectivity index (χ1n) is 7.63. The molecule has 1 aliphatic carbocycles. The van der Waals surface area contributed by atoms with E-state index in [0.29, 0.717) is 37.0 Å². The first-order valence-corrected chi connectivity index (χ1v) is 7.63. The summed E-state index contributed by atoms with van der Waals surface area (Å²) in [7, 11) is 0. The number of piperidine rings is 1. The second kappa shape index (κ2) is 6.65. The molecule has 1 aliphatic heterocycles. The van der Waals surface area contributed by atoms with E-state index in [2.05, 4.69) is 15.5 Å². The quantitative estimate of drug-likeness (QED) is 0.822. The van der Waals surface area contributed by atoms with Gasteiger partial charge < -0.3 is 19.3 Å². The van der Waals surface area contributed by atoms with Crippen LogP contribution in [-0.2, 0) is 16.1 Å². The number of hydrogen-bond acceptors (Lipinski definition) is 6. The molecule has 0 bridgehead atoms. The van der Waals surface area contributed by atoms with Gasteiger partial charge in [-0.3, -0.25) is 0 Å². The minimum atomic E-state index is -0.00335. The highest BCUT2D eigenvalue weighted by Crippen LogP contribution is 2.42. The summed E-state index contributed by atoms with van der Waals surface area (Å²) in [6.45, 7) is 5.12. The average Bonchev–Trinajstić information content (AvgIpc) is 3.22. The van der Waals surface area contributed by atoms with Crippen LogP contribution < -0.4 is 5.32 Å². The van der Waals surface area contributed by atoms with E-state index in [1.54, 1.807) is 0 Å². The Morgan fingerprint density at radius 2 is 2.10 bits per heavy atom. The van der Waals surface area contributed by atoms with E-state index in [0.717, 1.165) is 25.9 Å². The summed E-state index contributed by atoms with van der Waals surface area (Å²) in [6, 6.07) is 0. The van der Waals surface area contributed by atoms with Crippen LogP contribution in [0.5, 0.6) is 0 Å². The minimum Gasteiger partial charge on any atom is -0.370 e. The van der Waals surface area contributed by atoms with Crippen molar-refractivity contribution < 1.29 is 14.0 Å². The predicted octanol–water partition coefficient (Wildman–Crippen LogP) is 1.83. The van der Waals surface area contributed by atoms with Crippen molar-refractivity contribution in [3.63, 3.8) is 0 Å². The Labute approximate surface area is 119 Å². The van der Waals surface area contributed by atoms with E-state index < -0.39 is 0 Å². The predicted molar refractivity (Wildman–Crippen MR) is 72.1 cm³/mol. The largest absolute Gasteiger partial charge is 0.370 e. The first kappa shape index (κ1) is 14.0. The van der Waals surface area contributed by atoms with Crippen LogP contribution >= 0.6 is 0 Å². The number of nitrogens with zero attached hydrogens (tertiary/aromatic N) is 2. The lowest BCUT2D eigenvalue weighted by molar-refractivity contribution is 0.00858. The fourth-order valence-corrected chi connectivity index (χ4v) is 2.59. The molecule has 1 saturated carbocycles. The molecular weight excluding hydrogens is 258 g/mol. The second-order valence-electron chi connectivity index (χ2n) is 5.52. The van der Waals surface area contributed by atoms with Gasteiger partial charge >= 0.3 is 0 Å². The maximum atomic E-state index is 5.82. The van der Waals surface area contributed by atoms with Gasteiger partial charge in [-0.05, 0) is 51.6 Å². The molecule has 1 aromatic heterocycles. The maximum absolute atomic E-state index is 5.82. The van der Waals surface area contributed by atoms with Crippen molar-refractivity contribution >= 4 is 0 Å². The Balaban J connectivity index is 1.52. The lowest BCUT2D eigenvalue weighted by Gasteiger charge is -2.21. The molecule has 0 aromatic carbocycles. The van der Waals surface area contributed by atoms with Crippen LogP contribution in [0.3, 0.4) is 0 Å². The Kier molecular flexibility index (Phi) is 4.65. The van der Waals surface area contributed by atoms with Gasteiger partial charge in [0.15, 0.2) is 0 Å². The van der Waals surface area contributed by atoms with Gasteiger partial charge in [0.05, 0.1) is 6.10 Å². The van der Waals surface area contributed by atoms with Gasteiger partial charge in [0.25, 0.3) is 5.89 Å². The average molecular weight is 281 g/mol. The Bertz CT molecular complexity index is 414. The normalized spacial score (nSPS) is 22.1. The summed E-state index contributed by atoms with van der Waals surface area (Å²) in [6.07, 6.45) is 4.78. The molecular formula is C14H23N3O3. The summed E-state index contributed by atoms with van der Waals surface area (Å²) in [5.74, 6) is 1.80. The lowest BCUT2D eigenvalue weighted by Crippen LogP contribution is -2.32. The molecule has 0 spiro atoms. The number of ether oxygens (including phenoxy) is 2. The van der Waals surface area contributed by atoms with Gasteiger partial charge in [0, 0.05) is 6.61 Å². The van der Waals surface area contributed by atoms with Crippen molar-refractivity contribution in [2.45, 2.75) is 51.4 Å². The van der Waals surface area contributed by atoms with Crippen molar-refractivity contribution in [2.24, 2.45) is 5.92 Å². The Hall–Kier alpha value is -0.980. The Morgan fingerprint density at radius 3 is 2.80 bits per heavy atom. The van der Waals surface area contributed by atoms with Crippen molar-refractivity contribution in [3.05, 3.63) is 11.7 Å². The molecule has 2 fully saturated rings. The summed E-state index contributed by atoms with van der Waals surface area (Å²) >= 11 is 0. The molecule has 3 rings (SSSR count). The highest BCUT2D eigenvalue weighted by atomic mass is 16.5. The second-order valence-corrected chi connectivity index (χ2v) is 5.52. The van der Waals surface area contributed by atoms with Gasteiger partial charge in [-0.25, -0.2) is 0 Å². The molecule has 6 nitrogen and oxygen atoms in total. The van der Waals surface area contributed by atoms with Gasteiger partial charge in [-0.15, -0.1) is 0 Å². The smallest absolute Gasteiger partial charge is 0.252 e. The highest BCUT2D eigenvalue weighted by Gasteiger charge is 2.36. The van der Waals surface area contributed by atoms with E-state index in [-0.39, 0.29) is 6.10 Å². The van der Waals surface area contributed by atoms with Crippen LogP contribution in [0.25, 0.3) is 0 Å². The molecule has 1 saturated heterocycles. The molecule has 0 amide bonds. The summed E-state index contributed by atoms with van der Waals surface area (Å²) < 4.78 is 16.8. The van der Waals surface area contributed by atoms with Crippen LogP contribution in [0.2, 0.25) is 0 Å². The zero-order valence-corrected chi connectivity index (χ0v) is 12.0. The topological polar surface area (TPSA) is 69.4 Å². The van der Waals surface area contributed by atoms with Gasteiger partial charge in [0.1, 0.15) is 12.7 Å². The minimum absolute atomic E-state index is 0.00335. The molecule has 1 N–H and O–H groups in total. The molecule has 2 heterocycles. The molecule has 2 aliphatic rings. The molecule has 1 aromatic rings. The standard InChI is InChI=1S/C14H23N3O3/c1-2-18-13(10-3-4-10)14-16-12(20-17-14)9-19-11-5-7-15-8-6-11/h10-11,13,15H,2-9H2,1H3. The first-order chi connectivity index (χ1) is 9.86. The van der Waals surface area contributed by atoms with E-state index in [9.17, 15) is 0 Å². The molecule has 20 heavy (non-hydrogen) atoms. The third kappa shape index (κ3) is 3.56. The fourth-order valence-electron chi connectivity index (χ4n) is 2.59. The van der Waals surface area contributed by atoms with Crippen LogP contribution in [0.4, 0.5) is 0 Å². The zero-order valence-electron chi connectivity index (χ0n) is 12.0. The molecule has 1 unspecified atom stereocenters. The fraction of sp³-hybridized carbons (Fsp3) is 0.857. The zero-order chi connectivity index (χ0) is 13.8. The van der Waals surface area contributed by atoms with Crippen molar-refractivity contribution in [1.82, 2.24) is 15.5 Å². The van der Waals surface area contributed by atoms with E-state index in [1.165, 1.54) is 12.8 Å². The monoisotopic (exact) mass is 281 g/mol. The number of rotatable bonds is 7. The molecule has 112 valence electrons. The number of aromatic nitrogens is 2. The van der Waals surface area contributed by atoms with E-state index in [1.807, 2.05) is 6.92 Å². The highest BCUT2D eigenvalue weighted by molar-refractivity contribution is 4.98. The number of hydrogen-bond donors (Lipinski definition) is 1. The SMILES string of the molecule is CCOC(c1noc(COC2CCNCC2)n1)C1CC1. The summed E-state index contributed by atoms with van der Waals surface area (Å²) in [5.41, 5.74) is 0. The van der Waals surface area contributed by atoms with Crippen LogP contribution in [0.1, 0.15) is 50.4 Å². The molecule has 6 heteroatoms. The van der Waals surface area contributed by atoms with Crippen molar-refractivity contribution in [2.75, 3.05) is 19.7 Å². The summed E-state index contributed by atoms with van der Waals surface area (Å²) in [5, 5.41) is 7.37. The third-order valence-electron chi connectivity index (χ3n) is 3.86. The van der Waals surface area contributed by atoms with Gasteiger partial charge in [-0.1, -0.05) is 5.16 Å². The van der Waals surface area contributed by atoms with Crippen LogP contribution in [-0.4, -0.2) is 35.9 Å². The van der Waals surface area contributed by atoms with Crippen molar-refractivity contribution in [3.8, 4) is 0 Å². The summed E-state index contributed by atoms with van der Waals surface area (Å²) in [4.78, 5) is 4.43. The number of nitrogens with one attached hydrogen (secondary N) is 1. The lowest BCUT2D eigenvalue weighted by atomic mass is 10.1. The molecule has 0 radical (unpaired) electrons. The maximum Gasteiger partial charge on any atom is 0.252 e. The van der Waals surface area contributed by atoms with Gasteiger partial charge in [0.2, 0.25) is 5.82 Å².